The molecule has 1 saturated heterocycles. The highest BCUT2D eigenvalue weighted by Crippen LogP contribution is 2.57. The van der Waals surface area contributed by atoms with E-state index in [1.165, 1.54) is 11.6 Å². The smallest absolute Gasteiger partial charge is 0.312 e. The zero-order valence-electron chi connectivity index (χ0n) is 12.7. The van der Waals surface area contributed by atoms with E-state index in [1.807, 2.05) is 0 Å². The number of carbonyl (C=O) groups is 1. The van der Waals surface area contributed by atoms with E-state index in [0.29, 0.717) is 18.1 Å². The van der Waals surface area contributed by atoms with Gasteiger partial charge in [-0.2, -0.15) is 0 Å². The maximum Gasteiger partial charge on any atom is 0.312 e. The lowest BCUT2D eigenvalue weighted by Gasteiger charge is -2.41. The molecule has 1 aromatic carbocycles. The number of hydrogen-bond donors (Lipinski definition) is 0. The van der Waals surface area contributed by atoms with E-state index >= 15 is 0 Å². The summed E-state index contributed by atoms with van der Waals surface area (Å²) in [5.74, 6) is 0.569. The first-order chi connectivity index (χ1) is 9.46. The lowest BCUT2D eigenvalue weighted by Crippen LogP contribution is -2.50. The van der Waals surface area contributed by atoms with Crippen molar-refractivity contribution in [3.8, 4) is 0 Å². The third-order valence-electron chi connectivity index (χ3n) is 5.85. The Hall–Kier alpha value is -1.09. The zero-order valence-corrected chi connectivity index (χ0v) is 13.7. The van der Waals surface area contributed by atoms with E-state index in [-0.39, 0.29) is 11.4 Å². The molecule has 0 amide bonds. The van der Waals surface area contributed by atoms with E-state index in [0.717, 1.165) is 12.8 Å². The standard InChI is InChI=1S/C17H24O2Si/c1-17-11-9-15(14(17)10-12-19-16(17)18)20(2,3)13-7-5-4-6-8-13/h4-8,14-15H,9-12H2,1-3H3/t14-,15+,17+/m0/s1. The number of cyclic esters (lactones) is 1. The van der Waals surface area contributed by atoms with Crippen molar-refractivity contribution in [1.82, 2.24) is 0 Å². The van der Waals surface area contributed by atoms with Gasteiger partial charge in [-0.3, -0.25) is 4.79 Å². The summed E-state index contributed by atoms with van der Waals surface area (Å²) in [4.78, 5) is 12.2. The van der Waals surface area contributed by atoms with Crippen LogP contribution in [-0.2, 0) is 9.53 Å². The van der Waals surface area contributed by atoms with Crippen molar-refractivity contribution in [2.45, 2.75) is 44.8 Å². The normalized spacial score (nSPS) is 33.6. The minimum Gasteiger partial charge on any atom is -0.465 e. The summed E-state index contributed by atoms with van der Waals surface area (Å²) in [7, 11) is -1.54. The fourth-order valence-electron chi connectivity index (χ4n) is 4.45. The molecule has 20 heavy (non-hydrogen) atoms. The van der Waals surface area contributed by atoms with Crippen LogP contribution in [0.25, 0.3) is 0 Å². The molecule has 2 nitrogen and oxygen atoms in total. The summed E-state index contributed by atoms with van der Waals surface area (Å²) in [6, 6.07) is 10.9. The lowest BCUT2D eigenvalue weighted by molar-refractivity contribution is -0.164. The topological polar surface area (TPSA) is 26.3 Å². The van der Waals surface area contributed by atoms with Crippen molar-refractivity contribution < 1.29 is 9.53 Å². The molecule has 1 saturated carbocycles. The summed E-state index contributed by atoms with van der Waals surface area (Å²) in [6.45, 7) is 7.70. The molecule has 2 fully saturated rings. The lowest BCUT2D eigenvalue weighted by atomic mass is 9.76. The van der Waals surface area contributed by atoms with E-state index < -0.39 is 8.07 Å². The first-order valence-corrected chi connectivity index (χ1v) is 10.8. The van der Waals surface area contributed by atoms with Gasteiger partial charge in [0.15, 0.2) is 0 Å². The van der Waals surface area contributed by atoms with Gasteiger partial charge in [0.05, 0.1) is 20.1 Å². The molecule has 1 heterocycles. The highest BCUT2D eigenvalue weighted by atomic mass is 28.3. The van der Waals surface area contributed by atoms with Gasteiger partial charge in [-0.1, -0.05) is 55.0 Å². The molecule has 1 aliphatic heterocycles. The SMILES string of the molecule is C[C@@]12CC[C@@H]([Si](C)(C)c3ccccc3)[C@@H]1CCOC2=O. The largest absolute Gasteiger partial charge is 0.465 e. The Morgan fingerprint density at radius 2 is 1.90 bits per heavy atom. The molecule has 2 aliphatic rings. The third kappa shape index (κ3) is 1.94. The average Bonchev–Trinajstić information content (AvgIpc) is 2.80. The number of esters is 1. The van der Waals surface area contributed by atoms with Crippen LogP contribution in [-0.4, -0.2) is 20.7 Å². The van der Waals surface area contributed by atoms with E-state index in [4.69, 9.17) is 4.74 Å². The van der Waals surface area contributed by atoms with Crippen molar-refractivity contribution in [3.05, 3.63) is 30.3 Å². The van der Waals surface area contributed by atoms with Gasteiger partial charge in [-0.25, -0.2) is 0 Å². The van der Waals surface area contributed by atoms with Crippen LogP contribution in [0.5, 0.6) is 0 Å². The van der Waals surface area contributed by atoms with Crippen molar-refractivity contribution in [1.29, 1.82) is 0 Å². The molecule has 0 aromatic heterocycles. The molecule has 0 N–H and O–H groups in total. The summed E-state index contributed by atoms with van der Waals surface area (Å²) in [6.07, 6.45) is 3.24. The van der Waals surface area contributed by atoms with Gasteiger partial charge in [0.25, 0.3) is 0 Å². The highest BCUT2D eigenvalue weighted by Gasteiger charge is 2.57. The Morgan fingerprint density at radius 3 is 2.60 bits per heavy atom. The maximum atomic E-state index is 12.2. The Kier molecular flexibility index (Phi) is 3.28. The summed E-state index contributed by atoms with van der Waals surface area (Å²) < 4.78 is 5.34. The number of benzene rings is 1. The van der Waals surface area contributed by atoms with Crippen molar-refractivity contribution in [2.75, 3.05) is 6.61 Å². The van der Waals surface area contributed by atoms with Crippen molar-refractivity contribution >= 4 is 19.2 Å². The van der Waals surface area contributed by atoms with Crippen LogP contribution < -0.4 is 5.19 Å². The number of fused-ring (bicyclic) bond motifs is 1. The van der Waals surface area contributed by atoms with Gasteiger partial charge in [0.1, 0.15) is 0 Å². The van der Waals surface area contributed by atoms with Gasteiger partial charge in [-0.15, -0.1) is 0 Å². The van der Waals surface area contributed by atoms with Gasteiger partial charge in [-0.05, 0) is 31.2 Å². The Balaban J connectivity index is 1.94. The van der Waals surface area contributed by atoms with Crippen LogP contribution in [0.2, 0.25) is 18.6 Å². The minimum absolute atomic E-state index is 0.0501. The van der Waals surface area contributed by atoms with Crippen LogP contribution in [0.4, 0.5) is 0 Å². The van der Waals surface area contributed by atoms with Crippen LogP contribution in [0.15, 0.2) is 30.3 Å². The molecule has 3 rings (SSSR count). The second kappa shape index (κ2) is 4.73. The molecule has 0 radical (unpaired) electrons. The fraction of sp³-hybridized carbons (Fsp3) is 0.588. The van der Waals surface area contributed by atoms with Crippen molar-refractivity contribution in [2.24, 2.45) is 11.3 Å². The fourth-order valence-corrected chi connectivity index (χ4v) is 8.33. The first kappa shape index (κ1) is 13.9. The molecule has 0 bridgehead atoms. The number of hydrogen-bond acceptors (Lipinski definition) is 2. The van der Waals surface area contributed by atoms with Gasteiger partial charge < -0.3 is 4.74 Å². The van der Waals surface area contributed by atoms with Crippen LogP contribution in [0, 0.1) is 11.3 Å². The van der Waals surface area contributed by atoms with Crippen LogP contribution in [0.3, 0.4) is 0 Å². The monoisotopic (exact) mass is 288 g/mol. The molecule has 3 heteroatoms. The van der Waals surface area contributed by atoms with E-state index in [9.17, 15) is 4.79 Å². The molecule has 0 unspecified atom stereocenters. The van der Waals surface area contributed by atoms with Crippen LogP contribution >= 0.6 is 0 Å². The predicted octanol–water partition coefficient (Wildman–Crippen LogP) is 3.34. The maximum absolute atomic E-state index is 12.2. The van der Waals surface area contributed by atoms with Gasteiger partial charge in [0, 0.05) is 0 Å². The molecule has 3 atom stereocenters. The summed E-state index contributed by atoms with van der Waals surface area (Å²) in [5.41, 5.74) is 0.477. The Labute approximate surface area is 122 Å². The van der Waals surface area contributed by atoms with Gasteiger partial charge >= 0.3 is 5.97 Å². The van der Waals surface area contributed by atoms with Crippen molar-refractivity contribution in [3.63, 3.8) is 0 Å². The number of carbonyl (C=O) groups excluding carboxylic acids is 1. The summed E-state index contributed by atoms with van der Waals surface area (Å²) >= 11 is 0. The molecular formula is C17H24O2Si. The average molecular weight is 288 g/mol. The minimum atomic E-state index is -1.54. The first-order valence-electron chi connectivity index (χ1n) is 7.69. The molecule has 1 aliphatic carbocycles. The third-order valence-corrected chi connectivity index (χ3v) is 10.2. The number of ether oxygens (including phenoxy) is 1. The predicted molar refractivity (Wildman–Crippen MR) is 83.7 cm³/mol. The van der Waals surface area contributed by atoms with Crippen LogP contribution in [0.1, 0.15) is 26.2 Å². The Morgan fingerprint density at radius 1 is 1.20 bits per heavy atom. The molecule has 1 aromatic rings. The van der Waals surface area contributed by atoms with E-state index in [2.05, 4.69) is 50.3 Å². The molecule has 0 spiro atoms. The number of rotatable bonds is 2. The quantitative estimate of drug-likeness (QED) is 0.616. The Bertz CT molecular complexity index is 511. The highest BCUT2D eigenvalue weighted by molar-refractivity contribution is 6.91. The second-order valence-corrected chi connectivity index (χ2v) is 11.9. The van der Waals surface area contributed by atoms with E-state index in [1.54, 1.807) is 0 Å². The zero-order chi connectivity index (χ0) is 14.4. The van der Waals surface area contributed by atoms with Gasteiger partial charge in [0.2, 0.25) is 0 Å². The molecule has 108 valence electrons. The second-order valence-electron chi connectivity index (χ2n) is 7.18. The molecular weight excluding hydrogens is 264 g/mol. The summed E-state index contributed by atoms with van der Waals surface area (Å²) in [5, 5.41) is 1.52.